The van der Waals surface area contributed by atoms with Crippen molar-refractivity contribution >= 4 is 23.2 Å². The van der Waals surface area contributed by atoms with Crippen molar-refractivity contribution in [3.05, 3.63) is 57.3 Å². The number of amides is 1. The molecule has 4 nitrogen and oxygen atoms in total. The molecule has 0 unspecified atom stereocenters. The summed E-state index contributed by atoms with van der Waals surface area (Å²) in [4.78, 5) is 25.3. The predicted octanol–water partition coefficient (Wildman–Crippen LogP) is 2.62. The van der Waals surface area contributed by atoms with Crippen molar-refractivity contribution in [2.45, 2.75) is 19.3 Å². The Morgan fingerprint density at radius 3 is 2.59 bits per heavy atom. The Balaban J connectivity index is 1.70. The summed E-state index contributed by atoms with van der Waals surface area (Å²) in [5, 5.41) is 13.1. The standard InChI is InChI=1S/C17H17NO3S/c19-16(9-12-5-8-22-11-12)18-6-3-13-1-2-15(17(20)21)10-14(13)4-7-18/h1-2,5,8,10-11H,3-4,6-7,9H2,(H,20,21). The zero-order chi connectivity index (χ0) is 15.5. The van der Waals surface area contributed by atoms with E-state index in [4.69, 9.17) is 5.11 Å². The second kappa shape index (κ2) is 6.32. The van der Waals surface area contributed by atoms with Crippen LogP contribution < -0.4 is 0 Å². The van der Waals surface area contributed by atoms with Crippen LogP contribution >= 0.6 is 11.3 Å². The molecular weight excluding hydrogens is 298 g/mol. The van der Waals surface area contributed by atoms with E-state index in [-0.39, 0.29) is 5.91 Å². The van der Waals surface area contributed by atoms with Crippen LogP contribution in [0.5, 0.6) is 0 Å². The number of thiophene rings is 1. The molecule has 2 heterocycles. The van der Waals surface area contributed by atoms with Gasteiger partial charge in [0.1, 0.15) is 0 Å². The molecule has 22 heavy (non-hydrogen) atoms. The van der Waals surface area contributed by atoms with Crippen molar-refractivity contribution in [1.29, 1.82) is 0 Å². The van der Waals surface area contributed by atoms with Crippen LogP contribution in [0, 0.1) is 0 Å². The Morgan fingerprint density at radius 1 is 1.14 bits per heavy atom. The van der Waals surface area contributed by atoms with Crippen LogP contribution in [0.1, 0.15) is 27.0 Å². The van der Waals surface area contributed by atoms with Gasteiger partial charge >= 0.3 is 5.97 Å². The number of hydrogen-bond donors (Lipinski definition) is 1. The molecule has 0 saturated heterocycles. The third-order valence-electron chi connectivity index (χ3n) is 4.04. The van der Waals surface area contributed by atoms with Crippen LogP contribution in [0.4, 0.5) is 0 Å². The summed E-state index contributed by atoms with van der Waals surface area (Å²) in [5.41, 5.74) is 3.57. The van der Waals surface area contributed by atoms with Crippen LogP contribution in [0.3, 0.4) is 0 Å². The first kappa shape index (κ1) is 14.8. The quantitative estimate of drug-likeness (QED) is 0.947. The first-order valence-corrected chi connectivity index (χ1v) is 8.22. The molecule has 0 aliphatic carbocycles. The van der Waals surface area contributed by atoms with E-state index in [1.54, 1.807) is 23.5 Å². The van der Waals surface area contributed by atoms with E-state index < -0.39 is 5.97 Å². The Morgan fingerprint density at radius 2 is 1.91 bits per heavy atom. The molecule has 1 aromatic heterocycles. The third kappa shape index (κ3) is 3.20. The lowest BCUT2D eigenvalue weighted by Gasteiger charge is -2.20. The van der Waals surface area contributed by atoms with Gasteiger partial charge < -0.3 is 10.0 Å². The van der Waals surface area contributed by atoms with Gasteiger partial charge in [-0.3, -0.25) is 4.79 Å². The van der Waals surface area contributed by atoms with Crippen LogP contribution in [0.15, 0.2) is 35.0 Å². The average molecular weight is 315 g/mol. The summed E-state index contributed by atoms with van der Waals surface area (Å²) in [6, 6.07) is 7.24. The fourth-order valence-corrected chi connectivity index (χ4v) is 3.46. The van der Waals surface area contributed by atoms with Crippen molar-refractivity contribution in [2.75, 3.05) is 13.1 Å². The fourth-order valence-electron chi connectivity index (χ4n) is 2.79. The Bertz CT molecular complexity index is 694. The molecule has 0 fully saturated rings. The van der Waals surface area contributed by atoms with Crippen molar-refractivity contribution < 1.29 is 14.7 Å². The largest absolute Gasteiger partial charge is 0.478 e. The fraction of sp³-hybridized carbons (Fsp3) is 0.294. The predicted molar refractivity (Wildman–Crippen MR) is 85.4 cm³/mol. The molecule has 3 rings (SSSR count). The first-order valence-electron chi connectivity index (χ1n) is 7.27. The number of benzene rings is 1. The monoisotopic (exact) mass is 315 g/mol. The van der Waals surface area contributed by atoms with Crippen molar-refractivity contribution in [3.63, 3.8) is 0 Å². The highest BCUT2D eigenvalue weighted by Gasteiger charge is 2.19. The van der Waals surface area contributed by atoms with Crippen LogP contribution in [-0.4, -0.2) is 35.0 Å². The molecule has 0 radical (unpaired) electrons. The van der Waals surface area contributed by atoms with Crippen LogP contribution in [0.2, 0.25) is 0 Å². The lowest BCUT2D eigenvalue weighted by molar-refractivity contribution is -0.130. The van der Waals surface area contributed by atoms with Gasteiger partial charge in [0.05, 0.1) is 12.0 Å². The number of aromatic carboxylic acids is 1. The van der Waals surface area contributed by atoms with E-state index in [0.29, 0.717) is 31.5 Å². The second-order valence-electron chi connectivity index (χ2n) is 5.48. The van der Waals surface area contributed by atoms with Gasteiger partial charge in [-0.15, -0.1) is 0 Å². The summed E-state index contributed by atoms with van der Waals surface area (Å²) >= 11 is 1.60. The van der Waals surface area contributed by atoms with E-state index in [9.17, 15) is 9.59 Å². The van der Waals surface area contributed by atoms with E-state index in [1.165, 1.54) is 0 Å². The Kier molecular flexibility index (Phi) is 4.24. The number of carboxylic acid groups (broad SMARTS) is 1. The maximum Gasteiger partial charge on any atom is 0.335 e. The van der Waals surface area contributed by atoms with E-state index in [0.717, 1.165) is 23.1 Å². The lowest BCUT2D eigenvalue weighted by Crippen LogP contribution is -2.34. The van der Waals surface area contributed by atoms with Gasteiger partial charge in [-0.1, -0.05) is 6.07 Å². The van der Waals surface area contributed by atoms with Crippen molar-refractivity contribution in [3.8, 4) is 0 Å². The third-order valence-corrected chi connectivity index (χ3v) is 4.78. The van der Waals surface area contributed by atoms with Crippen LogP contribution in [0.25, 0.3) is 0 Å². The summed E-state index contributed by atoms with van der Waals surface area (Å²) in [7, 11) is 0. The highest BCUT2D eigenvalue weighted by Crippen LogP contribution is 2.19. The lowest BCUT2D eigenvalue weighted by atomic mass is 10.0. The molecule has 1 amide bonds. The van der Waals surface area contributed by atoms with E-state index in [2.05, 4.69) is 0 Å². The zero-order valence-corrected chi connectivity index (χ0v) is 12.9. The summed E-state index contributed by atoms with van der Waals surface area (Å²) in [5.74, 6) is -0.762. The molecule has 5 heteroatoms. The minimum atomic E-state index is -0.905. The molecule has 0 saturated carbocycles. The topological polar surface area (TPSA) is 57.6 Å². The average Bonchev–Trinajstić information content (AvgIpc) is 2.91. The molecule has 0 atom stereocenters. The highest BCUT2D eigenvalue weighted by molar-refractivity contribution is 7.08. The number of rotatable bonds is 3. The molecule has 1 aliphatic rings. The Labute approximate surface area is 133 Å². The van der Waals surface area contributed by atoms with Gasteiger partial charge in [-0.2, -0.15) is 11.3 Å². The van der Waals surface area contributed by atoms with Gasteiger partial charge in [0, 0.05) is 13.1 Å². The van der Waals surface area contributed by atoms with Crippen molar-refractivity contribution in [2.24, 2.45) is 0 Å². The number of carbonyl (C=O) groups is 2. The van der Waals surface area contributed by atoms with Gasteiger partial charge in [-0.25, -0.2) is 4.79 Å². The molecule has 1 aromatic carbocycles. The highest BCUT2D eigenvalue weighted by atomic mass is 32.1. The molecule has 0 bridgehead atoms. The second-order valence-corrected chi connectivity index (χ2v) is 6.26. The summed E-state index contributed by atoms with van der Waals surface area (Å²) < 4.78 is 0. The smallest absolute Gasteiger partial charge is 0.335 e. The summed E-state index contributed by atoms with van der Waals surface area (Å²) in [6.45, 7) is 1.35. The number of fused-ring (bicyclic) bond motifs is 1. The minimum Gasteiger partial charge on any atom is -0.478 e. The van der Waals surface area contributed by atoms with E-state index in [1.807, 2.05) is 27.8 Å². The van der Waals surface area contributed by atoms with Gasteiger partial charge in [-0.05, 0) is 58.5 Å². The van der Waals surface area contributed by atoms with Gasteiger partial charge in [0.25, 0.3) is 0 Å². The molecule has 0 spiro atoms. The number of carboxylic acids is 1. The number of nitrogens with zero attached hydrogens (tertiary/aromatic N) is 1. The van der Waals surface area contributed by atoms with Crippen LogP contribution in [-0.2, 0) is 24.1 Å². The molecule has 2 aromatic rings. The maximum absolute atomic E-state index is 12.4. The molecule has 1 N–H and O–H groups in total. The molecule has 114 valence electrons. The molecular formula is C17H17NO3S. The SMILES string of the molecule is O=C(O)c1ccc2c(c1)CCN(C(=O)Cc1ccsc1)CC2. The summed E-state index contributed by atoms with van der Waals surface area (Å²) in [6.07, 6.45) is 1.94. The van der Waals surface area contributed by atoms with Crippen molar-refractivity contribution in [1.82, 2.24) is 4.90 Å². The number of carbonyl (C=O) groups excluding carboxylic acids is 1. The van der Waals surface area contributed by atoms with Gasteiger partial charge in [0.15, 0.2) is 0 Å². The van der Waals surface area contributed by atoms with E-state index >= 15 is 0 Å². The first-order chi connectivity index (χ1) is 10.6. The Hall–Kier alpha value is -2.14. The number of hydrogen-bond acceptors (Lipinski definition) is 3. The zero-order valence-electron chi connectivity index (χ0n) is 12.1. The normalized spacial score (nSPS) is 14.3. The van der Waals surface area contributed by atoms with Gasteiger partial charge in [0.2, 0.25) is 5.91 Å². The minimum absolute atomic E-state index is 0.143. The maximum atomic E-state index is 12.4. The molecule has 1 aliphatic heterocycles.